The molecule has 4 N–H and O–H groups in total. The van der Waals surface area contributed by atoms with Gasteiger partial charge in [0.15, 0.2) is 28.8 Å². The van der Waals surface area contributed by atoms with Crippen LogP contribution in [0.4, 0.5) is 22.7 Å². The molecule has 2 saturated carbocycles. The summed E-state index contributed by atoms with van der Waals surface area (Å²) in [4.78, 5) is 43.1. The van der Waals surface area contributed by atoms with Crippen molar-refractivity contribution in [3.8, 4) is 34.5 Å². The van der Waals surface area contributed by atoms with Gasteiger partial charge in [0.05, 0.1) is 33.6 Å². The Balaban J connectivity index is 1.10. The van der Waals surface area contributed by atoms with Crippen molar-refractivity contribution in [2.45, 2.75) is 129 Å². The Morgan fingerprint density at radius 2 is 1.09 bits per heavy atom. The van der Waals surface area contributed by atoms with Gasteiger partial charge in [0.2, 0.25) is 11.6 Å². The van der Waals surface area contributed by atoms with E-state index >= 15 is 9.59 Å². The van der Waals surface area contributed by atoms with Crippen LogP contribution >= 0.6 is 0 Å². The minimum atomic E-state index is -0.714. The molecule has 70 heavy (non-hydrogen) atoms. The van der Waals surface area contributed by atoms with Gasteiger partial charge in [0.1, 0.15) is 11.5 Å². The van der Waals surface area contributed by atoms with Crippen molar-refractivity contribution in [2.75, 3.05) is 10.6 Å². The zero-order chi connectivity index (χ0) is 48.9. The maximum atomic E-state index is 15.3. The van der Waals surface area contributed by atoms with Crippen LogP contribution < -0.4 is 20.1 Å². The molecular weight excluding hydrogens is 873 g/mol. The van der Waals surface area contributed by atoms with Crippen LogP contribution in [0.25, 0.3) is 0 Å². The predicted molar refractivity (Wildman–Crippen MR) is 279 cm³/mol. The van der Waals surface area contributed by atoms with Gasteiger partial charge in [-0.3, -0.25) is 14.4 Å². The largest absolute Gasteiger partial charge is 0.504 e. The topological polar surface area (TPSA) is 134 Å². The van der Waals surface area contributed by atoms with Gasteiger partial charge in [-0.05, 0) is 147 Å². The number of unbranched alkanes of at least 4 members (excludes halogenated alkanes) is 2. The summed E-state index contributed by atoms with van der Waals surface area (Å²) < 4.78 is 12.8. The summed E-state index contributed by atoms with van der Waals surface area (Å²) in [5, 5.41) is 31.0. The number of phenolic OH excluding ortho intramolecular Hbond substituents is 2. The number of aromatic hydroxyl groups is 2. The van der Waals surface area contributed by atoms with Gasteiger partial charge >= 0.3 is 0 Å². The first-order valence-electron chi connectivity index (χ1n) is 25.7. The number of benzene rings is 6. The van der Waals surface area contributed by atoms with E-state index in [2.05, 4.69) is 43.5 Å². The fraction of sp³-hybridized carbons (Fsp3) is 0.361. The maximum absolute atomic E-state index is 15.3. The molecule has 0 spiro atoms. The Morgan fingerprint density at radius 1 is 0.586 bits per heavy atom. The molecule has 9 heteroatoms. The fourth-order valence-electron chi connectivity index (χ4n) is 10.8. The molecule has 0 radical (unpaired) electrons. The van der Waals surface area contributed by atoms with E-state index in [-0.39, 0.29) is 50.9 Å². The van der Waals surface area contributed by atoms with Crippen LogP contribution in [0.2, 0.25) is 0 Å². The molecule has 0 bridgehead atoms. The fourth-order valence-corrected chi connectivity index (χ4v) is 10.8. The summed E-state index contributed by atoms with van der Waals surface area (Å²) in [5.41, 5.74) is 4.71. The highest BCUT2D eigenvalue weighted by Gasteiger charge is 2.41. The smallest absolute Gasteiger partial charge is 0.200 e. The number of Topliss-reactive ketones (excluding diaryl/α,β-unsaturated/α-hetero) is 1. The lowest BCUT2D eigenvalue weighted by Gasteiger charge is -2.29. The quantitative estimate of drug-likeness (QED) is 0.0520. The molecule has 9 nitrogen and oxygen atoms in total. The zero-order valence-corrected chi connectivity index (χ0v) is 41.0. The molecule has 6 aromatic rings. The minimum Gasteiger partial charge on any atom is -0.504 e. The molecule has 0 atom stereocenters. The van der Waals surface area contributed by atoms with Crippen LogP contribution in [0.3, 0.4) is 0 Å². The molecule has 362 valence electrons. The molecule has 0 aromatic heterocycles. The number of hydrogen-bond donors (Lipinski definition) is 4. The van der Waals surface area contributed by atoms with E-state index in [1.165, 1.54) is 74.6 Å². The summed E-state index contributed by atoms with van der Waals surface area (Å²) in [6.07, 6.45) is 16.3. The number of carbonyl (C=O) groups is 3. The molecule has 3 aliphatic carbocycles. The van der Waals surface area contributed by atoms with Gasteiger partial charge in [-0.1, -0.05) is 108 Å². The van der Waals surface area contributed by atoms with E-state index in [0.29, 0.717) is 40.3 Å². The summed E-state index contributed by atoms with van der Waals surface area (Å²) in [6, 6.07) is 33.5. The Labute approximate surface area is 412 Å². The summed E-state index contributed by atoms with van der Waals surface area (Å²) in [7, 11) is 0. The Kier molecular flexibility index (Phi) is 14.7. The Bertz CT molecular complexity index is 2850. The second-order valence-corrected chi connectivity index (χ2v) is 20.0. The molecule has 0 saturated heterocycles. The van der Waals surface area contributed by atoms with Crippen LogP contribution in [0.5, 0.6) is 34.5 Å². The maximum Gasteiger partial charge on any atom is 0.200 e. The minimum absolute atomic E-state index is 0.0198. The lowest BCUT2D eigenvalue weighted by atomic mass is 9.77. The number of hydrogen-bond acceptors (Lipinski definition) is 9. The van der Waals surface area contributed by atoms with Crippen LogP contribution in [0.15, 0.2) is 109 Å². The number of rotatable bonds is 17. The van der Waals surface area contributed by atoms with Crippen molar-refractivity contribution in [2.24, 2.45) is 11.8 Å². The monoisotopic (exact) mass is 938 g/mol. The highest BCUT2D eigenvalue weighted by atomic mass is 16.5. The number of phenols is 2. The van der Waals surface area contributed by atoms with E-state index in [4.69, 9.17) is 9.47 Å². The molecule has 0 unspecified atom stereocenters. The van der Waals surface area contributed by atoms with Gasteiger partial charge in [-0.2, -0.15) is 0 Å². The number of ketones is 3. The SMILES string of the molecule is CCCCc1ccc(Nc2cc(Oc3ccc(C4CCC(CCCC)CC4)cc3)c(O)c3c2C(=O)c2c(O)c(Oc4ccc(C5CCC(C)CC5)cc4)cc(Nc4cccc(C(C)=O)c4)c2C3=O)cc1. The third-order valence-corrected chi connectivity index (χ3v) is 15.0. The lowest BCUT2D eigenvalue weighted by Crippen LogP contribution is -2.24. The highest BCUT2D eigenvalue weighted by molar-refractivity contribution is 6.34. The number of ether oxygens (including phenoxy) is 2. The van der Waals surface area contributed by atoms with Crippen molar-refractivity contribution in [1.29, 1.82) is 0 Å². The first-order valence-corrected chi connectivity index (χ1v) is 25.7. The number of aryl methyl sites for hydroxylation is 1. The van der Waals surface area contributed by atoms with Crippen LogP contribution in [0, 0.1) is 11.8 Å². The summed E-state index contributed by atoms with van der Waals surface area (Å²) in [5.74, 6) is 0.701. The molecule has 0 aliphatic heterocycles. The third-order valence-electron chi connectivity index (χ3n) is 15.0. The molecule has 0 amide bonds. The lowest BCUT2D eigenvalue weighted by molar-refractivity contribution is 0.0974. The van der Waals surface area contributed by atoms with Crippen molar-refractivity contribution in [1.82, 2.24) is 0 Å². The molecule has 2 fully saturated rings. The Hall–Kier alpha value is -6.87. The Morgan fingerprint density at radius 3 is 1.59 bits per heavy atom. The van der Waals surface area contributed by atoms with E-state index in [1.54, 1.807) is 30.3 Å². The summed E-state index contributed by atoms with van der Waals surface area (Å²) >= 11 is 0. The van der Waals surface area contributed by atoms with Crippen LogP contribution in [-0.4, -0.2) is 27.6 Å². The number of carbonyl (C=O) groups excluding carboxylic acids is 3. The van der Waals surface area contributed by atoms with Crippen molar-refractivity contribution in [3.05, 3.63) is 154 Å². The van der Waals surface area contributed by atoms with Gasteiger partial charge < -0.3 is 30.3 Å². The van der Waals surface area contributed by atoms with E-state index in [1.807, 2.05) is 60.7 Å². The average molecular weight is 939 g/mol. The second kappa shape index (κ2) is 21.4. The number of nitrogens with one attached hydrogen (secondary N) is 2. The average Bonchev–Trinajstić information content (AvgIpc) is 3.37. The standard InChI is InChI=1S/C61H66N2O7/c1-5-7-10-39-16-22-42(23-17-39)44-26-32-49(33-27-44)69-52-35-50(62-46-28-18-40(19-29-46)11-8-6-2)54-56(58(52)65)61(68)55-51(63-47-13-9-12-45(34-47)38(4)64)36-53(59(66)57(55)60(54)67)70-48-30-24-43(25-31-48)41-20-14-37(3)15-21-41/h9,12-13,18-19,24-37,39,41-42,62-63,65-66H,5-8,10-11,14-17,20-23H2,1-4H3. The normalized spacial score (nSPS) is 18.7. The van der Waals surface area contributed by atoms with Gasteiger partial charge in [0.25, 0.3) is 0 Å². The first-order chi connectivity index (χ1) is 34.0. The predicted octanol–water partition coefficient (Wildman–Crippen LogP) is 16.2. The summed E-state index contributed by atoms with van der Waals surface area (Å²) in [6.45, 7) is 8.18. The molecular formula is C61H66N2O7. The van der Waals surface area contributed by atoms with Crippen LogP contribution in [0.1, 0.15) is 182 Å². The molecule has 6 aromatic carbocycles. The van der Waals surface area contributed by atoms with Gasteiger partial charge in [0, 0.05) is 29.1 Å². The number of fused-ring (bicyclic) bond motifs is 2. The van der Waals surface area contributed by atoms with E-state index < -0.39 is 23.1 Å². The number of anilines is 4. The molecule has 0 heterocycles. The van der Waals surface area contributed by atoms with Crippen molar-refractivity contribution < 1.29 is 34.1 Å². The molecule has 9 rings (SSSR count). The second-order valence-electron chi connectivity index (χ2n) is 20.0. The van der Waals surface area contributed by atoms with Crippen molar-refractivity contribution >= 4 is 40.1 Å². The van der Waals surface area contributed by atoms with Crippen molar-refractivity contribution in [3.63, 3.8) is 0 Å². The van der Waals surface area contributed by atoms with Gasteiger partial charge in [-0.25, -0.2) is 0 Å². The first kappa shape index (κ1) is 48.2. The van der Waals surface area contributed by atoms with Gasteiger partial charge in [-0.15, -0.1) is 0 Å². The van der Waals surface area contributed by atoms with E-state index in [9.17, 15) is 15.0 Å². The van der Waals surface area contributed by atoms with E-state index in [0.717, 1.165) is 56.8 Å². The highest BCUT2D eigenvalue weighted by Crippen LogP contribution is 2.51. The third kappa shape index (κ3) is 10.5. The molecule has 3 aliphatic rings. The van der Waals surface area contributed by atoms with Crippen LogP contribution in [-0.2, 0) is 6.42 Å². The zero-order valence-electron chi connectivity index (χ0n) is 41.0.